The first-order chi connectivity index (χ1) is 17.3. The molecule has 1 amide bonds. The number of rotatable bonds is 5. The van der Waals surface area contributed by atoms with Crippen LogP contribution >= 0.6 is 0 Å². The van der Waals surface area contributed by atoms with Gasteiger partial charge in [0, 0.05) is 12.0 Å². The van der Waals surface area contributed by atoms with Gasteiger partial charge in [0.2, 0.25) is 11.8 Å². The minimum atomic E-state index is -5.74. The van der Waals surface area contributed by atoms with Gasteiger partial charge in [-0.15, -0.1) is 0 Å². The van der Waals surface area contributed by atoms with E-state index in [0.29, 0.717) is 0 Å². The molecule has 0 radical (unpaired) electrons. The summed E-state index contributed by atoms with van der Waals surface area (Å²) in [5.74, 6) is -7.49. The highest BCUT2D eigenvalue weighted by Gasteiger charge is 2.56. The number of benzene rings is 1. The molecule has 0 fully saturated rings. The standard InChI is InChI=1S/C22H15F6N7O2/c1-20(10-4-2-3-5-11(10)23)14-16(34-19(20)37)32-15(33-18(14)36)13-8-35-17(29-9-30-35)12(31-13)6-7-21(24,25)22(26,27)28/h2-5,8-9H,6-7H2,1H3,(H2,32,33,34,36,37). The lowest BCUT2D eigenvalue weighted by atomic mass is 9.77. The number of hydrogen-bond donors (Lipinski definition) is 2. The van der Waals surface area contributed by atoms with Crippen molar-refractivity contribution in [3.05, 3.63) is 59.4 Å². The Morgan fingerprint density at radius 3 is 2.54 bits per heavy atom. The molecule has 1 aliphatic heterocycles. The van der Waals surface area contributed by atoms with E-state index < -0.39 is 48.0 Å². The van der Waals surface area contributed by atoms with E-state index in [-0.39, 0.29) is 39.8 Å². The van der Waals surface area contributed by atoms with E-state index >= 15 is 0 Å². The maximum Gasteiger partial charge on any atom is 0.453 e. The first-order valence-electron chi connectivity index (χ1n) is 10.6. The van der Waals surface area contributed by atoms with E-state index in [2.05, 4.69) is 30.4 Å². The van der Waals surface area contributed by atoms with Crippen LogP contribution in [-0.4, -0.2) is 52.7 Å². The van der Waals surface area contributed by atoms with E-state index in [0.717, 1.165) is 16.9 Å². The molecule has 1 aliphatic rings. The van der Waals surface area contributed by atoms with Crippen molar-refractivity contribution in [1.29, 1.82) is 0 Å². The monoisotopic (exact) mass is 523 g/mol. The Bertz CT molecular complexity index is 1550. The molecule has 0 spiro atoms. The molecular weight excluding hydrogens is 508 g/mol. The van der Waals surface area contributed by atoms with Crippen LogP contribution < -0.4 is 5.32 Å². The fourth-order valence-electron chi connectivity index (χ4n) is 4.17. The number of aromatic nitrogens is 6. The minimum absolute atomic E-state index is 0.0343. The average Bonchev–Trinajstić information content (AvgIpc) is 3.39. The fraction of sp³-hybridized carbons (Fsp3) is 0.273. The number of amides is 1. The van der Waals surface area contributed by atoms with Crippen molar-refractivity contribution < 1.29 is 36.2 Å². The average molecular weight is 523 g/mol. The van der Waals surface area contributed by atoms with Crippen molar-refractivity contribution in [3.8, 4) is 17.4 Å². The third kappa shape index (κ3) is 3.81. The molecule has 9 nitrogen and oxygen atoms in total. The van der Waals surface area contributed by atoms with E-state index in [1.165, 1.54) is 31.3 Å². The summed E-state index contributed by atoms with van der Waals surface area (Å²) in [7, 11) is 0. The summed E-state index contributed by atoms with van der Waals surface area (Å²) >= 11 is 0. The summed E-state index contributed by atoms with van der Waals surface area (Å²) in [6, 6.07) is 5.48. The smallest absolute Gasteiger partial charge is 0.453 e. The number of nitrogens with one attached hydrogen (secondary N) is 1. The van der Waals surface area contributed by atoms with Gasteiger partial charge in [-0.25, -0.2) is 23.9 Å². The summed E-state index contributed by atoms with van der Waals surface area (Å²) in [4.78, 5) is 29.0. The zero-order valence-electron chi connectivity index (χ0n) is 18.7. The van der Waals surface area contributed by atoms with Crippen LogP contribution in [0.1, 0.15) is 30.2 Å². The third-order valence-electron chi connectivity index (χ3n) is 6.14. The molecule has 4 heterocycles. The van der Waals surface area contributed by atoms with Crippen molar-refractivity contribution in [1.82, 2.24) is 29.5 Å². The topological polar surface area (TPSA) is 118 Å². The summed E-state index contributed by atoms with van der Waals surface area (Å²) in [5, 5.41) is 17.1. The molecule has 0 saturated carbocycles. The summed E-state index contributed by atoms with van der Waals surface area (Å²) in [6.07, 6.45) is -5.88. The van der Waals surface area contributed by atoms with Crippen molar-refractivity contribution >= 4 is 17.4 Å². The summed E-state index contributed by atoms with van der Waals surface area (Å²) < 4.78 is 80.6. The van der Waals surface area contributed by atoms with Gasteiger partial charge in [0.25, 0.3) is 0 Å². The molecule has 0 bridgehead atoms. The Labute approximate surface area is 203 Å². The van der Waals surface area contributed by atoms with Gasteiger partial charge in [0.1, 0.15) is 29.1 Å². The normalized spacial score (nSPS) is 17.8. The quantitative estimate of drug-likeness (QED) is 0.382. The number of alkyl halides is 5. The molecule has 1 aromatic carbocycles. The first kappa shape index (κ1) is 24.4. The first-order valence-corrected chi connectivity index (χ1v) is 10.6. The number of aryl methyl sites for hydroxylation is 1. The van der Waals surface area contributed by atoms with Crippen LogP contribution in [0.3, 0.4) is 0 Å². The molecule has 1 atom stereocenters. The number of carbonyl (C=O) groups is 1. The van der Waals surface area contributed by atoms with Crippen LogP contribution in [0.5, 0.6) is 5.88 Å². The second kappa shape index (κ2) is 8.11. The molecule has 0 saturated heterocycles. The van der Waals surface area contributed by atoms with Gasteiger partial charge in [-0.2, -0.15) is 32.0 Å². The van der Waals surface area contributed by atoms with Crippen LogP contribution in [0.4, 0.5) is 32.2 Å². The number of carbonyl (C=O) groups excluding carboxylic acids is 1. The highest BCUT2D eigenvalue weighted by molar-refractivity contribution is 6.08. The van der Waals surface area contributed by atoms with Gasteiger partial charge < -0.3 is 10.4 Å². The zero-order valence-corrected chi connectivity index (χ0v) is 18.7. The molecule has 5 rings (SSSR count). The Morgan fingerprint density at radius 2 is 1.84 bits per heavy atom. The minimum Gasteiger partial charge on any atom is -0.493 e. The maximum atomic E-state index is 14.6. The Hall–Kier alpha value is -4.30. The van der Waals surface area contributed by atoms with Gasteiger partial charge in [0.15, 0.2) is 11.5 Å². The van der Waals surface area contributed by atoms with Gasteiger partial charge in [-0.05, 0) is 19.4 Å². The van der Waals surface area contributed by atoms with Crippen molar-refractivity contribution in [2.24, 2.45) is 0 Å². The number of anilines is 1. The molecular formula is C22H15F6N7O2. The predicted octanol–water partition coefficient (Wildman–Crippen LogP) is 3.81. The highest BCUT2D eigenvalue weighted by Crippen LogP contribution is 2.47. The van der Waals surface area contributed by atoms with Crippen molar-refractivity contribution in [3.63, 3.8) is 0 Å². The number of nitrogens with zero attached hydrogens (tertiary/aromatic N) is 6. The molecule has 4 aromatic rings. The van der Waals surface area contributed by atoms with E-state index in [4.69, 9.17) is 0 Å². The molecule has 3 aromatic heterocycles. The number of fused-ring (bicyclic) bond motifs is 2. The molecule has 192 valence electrons. The van der Waals surface area contributed by atoms with E-state index in [1.54, 1.807) is 0 Å². The van der Waals surface area contributed by atoms with Gasteiger partial charge in [-0.1, -0.05) is 18.2 Å². The lowest BCUT2D eigenvalue weighted by Crippen LogP contribution is -2.36. The number of hydrogen-bond acceptors (Lipinski definition) is 7. The molecule has 37 heavy (non-hydrogen) atoms. The van der Waals surface area contributed by atoms with Gasteiger partial charge in [0.05, 0.1) is 17.5 Å². The number of aromatic hydroxyl groups is 1. The van der Waals surface area contributed by atoms with Crippen LogP contribution in [0.25, 0.3) is 17.2 Å². The molecule has 0 aliphatic carbocycles. The van der Waals surface area contributed by atoms with Crippen LogP contribution in [-0.2, 0) is 16.6 Å². The Kier molecular flexibility index (Phi) is 5.35. The van der Waals surface area contributed by atoms with Gasteiger partial charge >= 0.3 is 12.1 Å². The number of halogens is 6. The van der Waals surface area contributed by atoms with E-state index in [1.807, 2.05) is 0 Å². The summed E-state index contributed by atoms with van der Waals surface area (Å²) in [6.45, 7) is 1.38. The lowest BCUT2D eigenvalue weighted by Gasteiger charge is -2.23. The Morgan fingerprint density at radius 1 is 1.11 bits per heavy atom. The molecule has 15 heteroatoms. The lowest BCUT2D eigenvalue weighted by molar-refractivity contribution is -0.284. The van der Waals surface area contributed by atoms with Crippen LogP contribution in [0.15, 0.2) is 36.8 Å². The fourth-order valence-corrected chi connectivity index (χ4v) is 4.17. The van der Waals surface area contributed by atoms with E-state index in [9.17, 15) is 36.2 Å². The Balaban J connectivity index is 1.58. The van der Waals surface area contributed by atoms with Crippen LogP contribution in [0, 0.1) is 5.82 Å². The summed E-state index contributed by atoms with van der Waals surface area (Å²) in [5.41, 5.74) is -2.28. The zero-order chi connectivity index (χ0) is 26.8. The second-order valence-corrected chi connectivity index (χ2v) is 8.46. The largest absolute Gasteiger partial charge is 0.493 e. The second-order valence-electron chi connectivity index (χ2n) is 8.46. The SMILES string of the molecule is CC1(c2ccccc2F)C(=O)Nc2nc(-c3cn4ncnc4c(CCC(F)(F)C(F)(F)F)n3)nc(O)c21. The van der Waals surface area contributed by atoms with Crippen molar-refractivity contribution in [2.75, 3.05) is 5.32 Å². The molecule has 2 N–H and O–H groups in total. The van der Waals surface area contributed by atoms with Gasteiger partial charge in [-0.3, -0.25) is 4.79 Å². The third-order valence-corrected chi connectivity index (χ3v) is 6.14. The van der Waals surface area contributed by atoms with Crippen molar-refractivity contribution in [2.45, 2.75) is 37.3 Å². The maximum absolute atomic E-state index is 14.6. The van der Waals surface area contributed by atoms with Crippen LogP contribution in [0.2, 0.25) is 0 Å². The predicted molar refractivity (Wildman–Crippen MR) is 114 cm³/mol. The highest BCUT2D eigenvalue weighted by atomic mass is 19.4. The molecule has 1 unspecified atom stereocenters.